The van der Waals surface area contributed by atoms with Gasteiger partial charge in [0.2, 0.25) is 0 Å². The van der Waals surface area contributed by atoms with Gasteiger partial charge in [0.05, 0.1) is 6.04 Å². The van der Waals surface area contributed by atoms with Crippen LogP contribution in [0.15, 0.2) is 24.3 Å². The predicted molar refractivity (Wildman–Crippen MR) is 67.3 cm³/mol. The summed E-state index contributed by atoms with van der Waals surface area (Å²) in [6.07, 6.45) is 6.27. The minimum atomic E-state index is 0.0683. The van der Waals surface area contributed by atoms with Gasteiger partial charge in [-0.3, -0.25) is 5.32 Å². The Morgan fingerprint density at radius 1 is 1.53 bits per heavy atom. The van der Waals surface area contributed by atoms with E-state index in [9.17, 15) is 0 Å². The third-order valence-electron chi connectivity index (χ3n) is 2.36. The zero-order valence-corrected chi connectivity index (χ0v) is 9.94. The molecule has 3 nitrogen and oxygen atoms in total. The number of nitrogens with one attached hydrogen (secondary N) is 1. The van der Waals surface area contributed by atoms with Crippen LogP contribution in [0.2, 0.25) is 0 Å². The van der Waals surface area contributed by atoms with Crippen LogP contribution in [0.5, 0.6) is 5.75 Å². The highest BCUT2D eigenvalue weighted by atomic mass is 16.5. The van der Waals surface area contributed by atoms with Gasteiger partial charge in [-0.25, -0.2) is 0 Å². The van der Waals surface area contributed by atoms with E-state index in [1.807, 2.05) is 37.3 Å². The molecule has 1 aromatic carbocycles. The third-order valence-corrected chi connectivity index (χ3v) is 2.36. The molecule has 0 aromatic heterocycles. The number of terminal acetylenes is 1. The molecule has 1 atom stereocenters. The van der Waals surface area contributed by atoms with Gasteiger partial charge in [0.25, 0.3) is 0 Å². The maximum absolute atomic E-state index is 8.43. The van der Waals surface area contributed by atoms with Gasteiger partial charge in [-0.15, -0.1) is 6.42 Å². The monoisotopic (exact) mass is 228 g/mol. The Kier molecular flexibility index (Phi) is 5.64. The number of hydrogen-bond donors (Lipinski definition) is 1. The number of nitriles is 1. The molecule has 3 heteroatoms. The molecule has 0 amide bonds. The minimum Gasteiger partial charge on any atom is -0.479 e. The van der Waals surface area contributed by atoms with Crippen molar-refractivity contribution in [2.45, 2.75) is 25.9 Å². The molecular formula is C14H16N2O. The van der Waals surface area contributed by atoms with Gasteiger partial charge in [0.1, 0.15) is 11.8 Å². The Bertz CT molecular complexity index is 429. The Morgan fingerprint density at radius 3 is 3.00 bits per heavy atom. The molecular weight excluding hydrogens is 212 g/mol. The smallest absolute Gasteiger partial charge is 0.174 e. The number of hydrogen-bond acceptors (Lipinski definition) is 3. The normalized spacial score (nSPS) is 11.2. The molecule has 0 fully saturated rings. The molecule has 1 N–H and O–H groups in total. The first-order valence-electron chi connectivity index (χ1n) is 5.58. The molecule has 0 aliphatic carbocycles. The molecule has 0 radical (unpaired) electrons. The fraction of sp³-hybridized carbons (Fsp3) is 0.357. The summed E-state index contributed by atoms with van der Waals surface area (Å²) < 4.78 is 5.23. The Morgan fingerprint density at radius 2 is 2.35 bits per heavy atom. The molecule has 0 aliphatic heterocycles. The van der Waals surface area contributed by atoms with Crippen molar-refractivity contribution in [1.29, 1.82) is 5.26 Å². The lowest BCUT2D eigenvalue weighted by Crippen LogP contribution is -2.26. The number of ether oxygens (including phenoxy) is 1. The summed E-state index contributed by atoms with van der Waals surface area (Å²) in [5, 5.41) is 11.7. The highest BCUT2D eigenvalue weighted by Crippen LogP contribution is 2.13. The van der Waals surface area contributed by atoms with Crippen LogP contribution in [-0.4, -0.2) is 12.6 Å². The van der Waals surface area contributed by atoms with E-state index in [2.05, 4.69) is 11.2 Å². The first-order chi connectivity index (χ1) is 8.30. The lowest BCUT2D eigenvalue weighted by molar-refractivity contribution is 0.367. The highest BCUT2D eigenvalue weighted by molar-refractivity contribution is 5.28. The maximum atomic E-state index is 8.43. The van der Waals surface area contributed by atoms with E-state index >= 15 is 0 Å². The molecule has 0 aliphatic rings. The van der Waals surface area contributed by atoms with E-state index < -0.39 is 0 Å². The highest BCUT2D eigenvalue weighted by Gasteiger charge is 2.01. The number of benzene rings is 1. The third kappa shape index (κ3) is 4.59. The number of nitrogens with zero attached hydrogens (tertiary/aromatic N) is 1. The van der Waals surface area contributed by atoms with Crippen LogP contribution >= 0.6 is 0 Å². The van der Waals surface area contributed by atoms with Crippen molar-refractivity contribution in [2.75, 3.05) is 6.61 Å². The molecule has 0 bridgehead atoms. The number of rotatable bonds is 6. The van der Waals surface area contributed by atoms with Crippen LogP contribution in [0.1, 0.15) is 18.9 Å². The Hall–Kier alpha value is -1.97. The molecule has 1 aromatic rings. The fourth-order valence-corrected chi connectivity index (χ4v) is 1.42. The average Bonchev–Trinajstić information content (AvgIpc) is 2.38. The summed E-state index contributed by atoms with van der Waals surface area (Å²) in [5.74, 6) is 3.39. The Balaban J connectivity index is 2.54. The standard InChI is InChI=1S/C14H16N2O/c1-3-13(4-2)16-11-12-6-5-7-14(10-12)17-9-8-15/h1,5-7,10,13,16H,4,9,11H2,2H3. The van der Waals surface area contributed by atoms with Crippen LogP contribution in [0.4, 0.5) is 0 Å². The second-order valence-electron chi connectivity index (χ2n) is 3.60. The molecule has 0 heterocycles. The summed E-state index contributed by atoms with van der Waals surface area (Å²) in [5.41, 5.74) is 1.09. The topological polar surface area (TPSA) is 45.0 Å². The molecule has 0 saturated carbocycles. The minimum absolute atomic E-state index is 0.0683. The predicted octanol–water partition coefficient (Wildman–Crippen LogP) is 2.09. The van der Waals surface area contributed by atoms with Gasteiger partial charge in [-0.2, -0.15) is 5.26 Å². The van der Waals surface area contributed by atoms with Crippen LogP contribution in [0, 0.1) is 23.7 Å². The van der Waals surface area contributed by atoms with Gasteiger partial charge < -0.3 is 4.74 Å². The summed E-state index contributed by atoms with van der Waals surface area (Å²) in [6.45, 7) is 2.81. The van der Waals surface area contributed by atoms with E-state index in [0.717, 1.165) is 12.0 Å². The molecule has 0 spiro atoms. The van der Waals surface area contributed by atoms with Crippen LogP contribution in [0.25, 0.3) is 0 Å². The lowest BCUT2D eigenvalue weighted by Gasteiger charge is -2.11. The quantitative estimate of drug-likeness (QED) is 0.758. The van der Waals surface area contributed by atoms with Crippen molar-refractivity contribution in [1.82, 2.24) is 5.32 Å². The molecule has 17 heavy (non-hydrogen) atoms. The van der Waals surface area contributed by atoms with Crippen molar-refractivity contribution in [3.05, 3.63) is 29.8 Å². The van der Waals surface area contributed by atoms with Gasteiger partial charge in [0.15, 0.2) is 6.61 Å². The summed E-state index contributed by atoms with van der Waals surface area (Å²) >= 11 is 0. The van der Waals surface area contributed by atoms with E-state index in [1.165, 1.54) is 0 Å². The van der Waals surface area contributed by atoms with E-state index in [4.69, 9.17) is 16.4 Å². The maximum Gasteiger partial charge on any atom is 0.174 e. The van der Waals surface area contributed by atoms with E-state index in [0.29, 0.717) is 12.3 Å². The zero-order chi connectivity index (χ0) is 12.5. The van der Waals surface area contributed by atoms with Gasteiger partial charge in [-0.1, -0.05) is 25.0 Å². The van der Waals surface area contributed by atoms with Crippen molar-refractivity contribution < 1.29 is 4.74 Å². The second kappa shape index (κ2) is 7.33. The fourth-order valence-electron chi connectivity index (χ4n) is 1.42. The first-order valence-corrected chi connectivity index (χ1v) is 5.58. The summed E-state index contributed by atoms with van der Waals surface area (Å²) in [6, 6.07) is 9.68. The first kappa shape index (κ1) is 13.1. The van der Waals surface area contributed by atoms with Crippen molar-refractivity contribution >= 4 is 0 Å². The van der Waals surface area contributed by atoms with Gasteiger partial charge in [0, 0.05) is 6.54 Å². The summed E-state index contributed by atoms with van der Waals surface area (Å²) in [4.78, 5) is 0. The SMILES string of the molecule is C#CC(CC)NCc1cccc(OCC#N)c1. The van der Waals surface area contributed by atoms with Crippen molar-refractivity contribution in [2.24, 2.45) is 0 Å². The van der Waals surface area contributed by atoms with Crippen LogP contribution in [0.3, 0.4) is 0 Å². The Labute approximate surface area is 102 Å². The van der Waals surface area contributed by atoms with Gasteiger partial charge >= 0.3 is 0 Å². The molecule has 88 valence electrons. The van der Waals surface area contributed by atoms with Crippen LogP contribution in [-0.2, 0) is 6.54 Å². The largest absolute Gasteiger partial charge is 0.479 e. The molecule has 1 unspecified atom stereocenters. The van der Waals surface area contributed by atoms with Crippen molar-refractivity contribution in [3.63, 3.8) is 0 Å². The van der Waals surface area contributed by atoms with Crippen LogP contribution < -0.4 is 10.1 Å². The van der Waals surface area contributed by atoms with Gasteiger partial charge in [-0.05, 0) is 24.1 Å². The second-order valence-corrected chi connectivity index (χ2v) is 3.60. The summed E-state index contributed by atoms with van der Waals surface area (Å²) in [7, 11) is 0. The van der Waals surface area contributed by atoms with E-state index in [-0.39, 0.29) is 12.6 Å². The van der Waals surface area contributed by atoms with E-state index in [1.54, 1.807) is 0 Å². The lowest BCUT2D eigenvalue weighted by atomic mass is 10.2. The zero-order valence-electron chi connectivity index (χ0n) is 9.94. The van der Waals surface area contributed by atoms with Crippen molar-refractivity contribution in [3.8, 4) is 24.2 Å². The molecule has 1 rings (SSSR count). The average molecular weight is 228 g/mol. The molecule has 0 saturated heterocycles.